The van der Waals surface area contributed by atoms with Crippen LogP contribution in [0.5, 0.6) is 5.75 Å². The summed E-state index contributed by atoms with van der Waals surface area (Å²) in [7, 11) is 0. The predicted molar refractivity (Wildman–Crippen MR) is 102 cm³/mol. The van der Waals surface area contributed by atoms with E-state index < -0.39 is 0 Å². The molecule has 118 valence electrons. The van der Waals surface area contributed by atoms with Gasteiger partial charge < -0.3 is 5.11 Å². The molecule has 2 nitrogen and oxygen atoms in total. The molecule has 0 aliphatic carbocycles. The molecule has 0 saturated heterocycles. The summed E-state index contributed by atoms with van der Waals surface area (Å²) in [5, 5.41) is 10.5. The lowest BCUT2D eigenvalue weighted by Crippen LogP contribution is -1.88. The van der Waals surface area contributed by atoms with Gasteiger partial charge in [0.05, 0.1) is 0 Å². The molecule has 2 aromatic carbocycles. The van der Waals surface area contributed by atoms with Crippen LogP contribution in [0.4, 0.5) is 0 Å². The van der Waals surface area contributed by atoms with Gasteiger partial charge in [-0.25, -0.2) is 4.98 Å². The van der Waals surface area contributed by atoms with Gasteiger partial charge in [0.25, 0.3) is 0 Å². The number of aromatic nitrogens is 1. The van der Waals surface area contributed by atoms with Gasteiger partial charge in [-0.1, -0.05) is 71.5 Å². The van der Waals surface area contributed by atoms with Crippen molar-refractivity contribution < 1.29 is 5.11 Å². The van der Waals surface area contributed by atoms with E-state index in [1.807, 2.05) is 24.3 Å². The fraction of sp³-hybridized carbons (Fsp3) is 0.105. The smallest absolute Gasteiger partial charge is 0.147 e. The highest BCUT2D eigenvalue weighted by atomic mass is 79.9. The molecule has 0 aliphatic rings. The molecule has 0 aliphatic heterocycles. The Morgan fingerprint density at radius 2 is 1.70 bits per heavy atom. The molecule has 23 heavy (non-hydrogen) atoms. The largest absolute Gasteiger partial charge is 0.505 e. The van der Waals surface area contributed by atoms with E-state index >= 15 is 0 Å². The summed E-state index contributed by atoms with van der Waals surface area (Å²) >= 11 is 5.01. The maximum atomic E-state index is 9.82. The summed E-state index contributed by atoms with van der Waals surface area (Å²) in [5.41, 5.74) is 3.61. The van der Waals surface area contributed by atoms with E-state index in [-0.39, 0.29) is 13.2 Å². The number of rotatable bonds is 4. The van der Waals surface area contributed by atoms with Crippen LogP contribution in [-0.2, 0) is 5.75 Å². The fourth-order valence-electron chi connectivity index (χ4n) is 2.20. The molecule has 1 aromatic heterocycles. The number of hydrogen-bond donors (Lipinski definition) is 1. The van der Waals surface area contributed by atoms with Gasteiger partial charge in [-0.15, -0.1) is 0 Å². The van der Waals surface area contributed by atoms with Crippen LogP contribution in [0, 0.1) is 0 Å². The average Bonchev–Trinajstić information content (AvgIpc) is 2.55. The molecular formula is C19H18BrNOS. The maximum Gasteiger partial charge on any atom is 0.147 e. The van der Waals surface area contributed by atoms with Crippen LogP contribution in [-0.4, -0.2) is 10.1 Å². The number of nitrogens with zero attached hydrogens (tertiary/aromatic N) is 1. The van der Waals surface area contributed by atoms with Crippen LogP contribution in [0.25, 0.3) is 11.1 Å². The molecule has 0 amide bonds. The van der Waals surface area contributed by atoms with Crippen molar-refractivity contribution >= 4 is 27.7 Å². The predicted octanol–water partition coefficient (Wildman–Crippen LogP) is 6.15. The summed E-state index contributed by atoms with van der Waals surface area (Å²) in [4.78, 5) is 4.21. The van der Waals surface area contributed by atoms with Crippen molar-refractivity contribution in [3.8, 4) is 16.9 Å². The van der Waals surface area contributed by atoms with Crippen molar-refractivity contribution in [2.45, 2.75) is 18.2 Å². The highest BCUT2D eigenvalue weighted by Crippen LogP contribution is 2.32. The lowest BCUT2D eigenvalue weighted by molar-refractivity contribution is 0.457. The Labute approximate surface area is 149 Å². The van der Waals surface area contributed by atoms with Gasteiger partial charge in [-0.2, -0.15) is 0 Å². The number of halogens is 1. The lowest BCUT2D eigenvalue weighted by atomic mass is 10.0. The van der Waals surface area contributed by atoms with Crippen molar-refractivity contribution in [1.82, 2.24) is 4.98 Å². The second kappa shape index (κ2) is 8.18. The van der Waals surface area contributed by atoms with Crippen molar-refractivity contribution in [3.05, 3.63) is 76.9 Å². The van der Waals surface area contributed by atoms with Gasteiger partial charge in [0.15, 0.2) is 0 Å². The first-order valence-electron chi connectivity index (χ1n) is 6.84. The SMILES string of the molecule is C.Oc1cccnc1SCc1ccccc1-c1ccc(Br)cc1. The average molecular weight is 388 g/mol. The van der Waals surface area contributed by atoms with Crippen molar-refractivity contribution in [3.63, 3.8) is 0 Å². The summed E-state index contributed by atoms with van der Waals surface area (Å²) in [6, 6.07) is 20.0. The zero-order valence-corrected chi connectivity index (χ0v) is 14.1. The Hall–Kier alpha value is -1.78. The fourth-order valence-corrected chi connectivity index (χ4v) is 3.36. The van der Waals surface area contributed by atoms with Gasteiger partial charge >= 0.3 is 0 Å². The molecular weight excluding hydrogens is 370 g/mol. The minimum absolute atomic E-state index is 0. The summed E-state index contributed by atoms with van der Waals surface area (Å²) < 4.78 is 1.07. The zero-order chi connectivity index (χ0) is 15.4. The van der Waals surface area contributed by atoms with Crippen LogP contribution in [0.3, 0.4) is 0 Å². The van der Waals surface area contributed by atoms with E-state index in [1.54, 1.807) is 30.1 Å². The Morgan fingerprint density at radius 3 is 2.43 bits per heavy atom. The van der Waals surface area contributed by atoms with Gasteiger partial charge in [0.2, 0.25) is 0 Å². The highest BCUT2D eigenvalue weighted by molar-refractivity contribution is 9.10. The topological polar surface area (TPSA) is 33.1 Å². The Morgan fingerprint density at radius 1 is 0.957 bits per heavy atom. The second-order valence-electron chi connectivity index (χ2n) is 4.78. The quantitative estimate of drug-likeness (QED) is 0.545. The maximum absolute atomic E-state index is 9.82. The minimum atomic E-state index is 0. The molecule has 4 heteroatoms. The Kier molecular flexibility index (Phi) is 6.25. The first-order chi connectivity index (χ1) is 10.7. The van der Waals surface area contributed by atoms with Gasteiger partial charge in [-0.3, -0.25) is 0 Å². The first kappa shape index (κ1) is 17.6. The van der Waals surface area contributed by atoms with Crippen LogP contribution in [0.2, 0.25) is 0 Å². The first-order valence-corrected chi connectivity index (χ1v) is 8.62. The number of pyridine rings is 1. The normalized spacial score (nSPS) is 10.1. The number of aromatic hydroxyl groups is 1. The molecule has 0 unspecified atom stereocenters. The van der Waals surface area contributed by atoms with Crippen molar-refractivity contribution in [1.29, 1.82) is 0 Å². The lowest BCUT2D eigenvalue weighted by Gasteiger charge is -2.10. The molecule has 3 rings (SSSR count). The van der Waals surface area contributed by atoms with Gasteiger partial charge in [0, 0.05) is 16.4 Å². The van der Waals surface area contributed by atoms with Crippen molar-refractivity contribution in [2.75, 3.05) is 0 Å². The van der Waals surface area contributed by atoms with Crippen LogP contribution in [0.15, 0.2) is 76.4 Å². The standard InChI is InChI=1S/C18H14BrNOS.CH4/c19-15-9-7-13(8-10-15)16-5-2-1-4-14(16)12-22-18-17(21)6-3-11-20-18;/h1-11,21H,12H2;1H4. The van der Waals surface area contributed by atoms with Crippen LogP contribution >= 0.6 is 27.7 Å². The molecule has 3 aromatic rings. The molecule has 0 radical (unpaired) electrons. The van der Waals surface area contributed by atoms with Gasteiger partial charge in [-0.05, 0) is 41.0 Å². The molecule has 0 bridgehead atoms. The van der Waals surface area contributed by atoms with E-state index in [0.29, 0.717) is 5.03 Å². The third kappa shape index (κ3) is 4.36. The Bertz CT molecular complexity index is 774. The second-order valence-corrected chi connectivity index (χ2v) is 6.66. The number of hydrogen-bond acceptors (Lipinski definition) is 3. The van der Waals surface area contributed by atoms with Crippen molar-refractivity contribution in [2.24, 2.45) is 0 Å². The molecule has 1 heterocycles. The summed E-state index contributed by atoms with van der Waals surface area (Å²) in [6.45, 7) is 0. The highest BCUT2D eigenvalue weighted by Gasteiger charge is 2.07. The zero-order valence-electron chi connectivity index (χ0n) is 11.7. The number of thioether (sulfide) groups is 1. The van der Waals surface area contributed by atoms with Crippen LogP contribution < -0.4 is 0 Å². The molecule has 0 fully saturated rings. The molecule has 0 spiro atoms. The Balaban J connectivity index is 0.00000192. The monoisotopic (exact) mass is 387 g/mol. The summed E-state index contributed by atoms with van der Waals surface area (Å²) in [6.07, 6.45) is 1.70. The van der Waals surface area contributed by atoms with E-state index in [0.717, 1.165) is 10.2 Å². The number of benzene rings is 2. The van der Waals surface area contributed by atoms with E-state index in [2.05, 4.69) is 45.2 Å². The van der Waals surface area contributed by atoms with E-state index in [4.69, 9.17) is 0 Å². The molecule has 1 N–H and O–H groups in total. The third-order valence-electron chi connectivity index (χ3n) is 3.29. The van der Waals surface area contributed by atoms with E-state index in [9.17, 15) is 5.11 Å². The molecule has 0 saturated carbocycles. The third-order valence-corrected chi connectivity index (χ3v) is 4.86. The minimum Gasteiger partial charge on any atom is -0.505 e. The van der Waals surface area contributed by atoms with Crippen LogP contribution in [0.1, 0.15) is 13.0 Å². The van der Waals surface area contributed by atoms with Gasteiger partial charge in [0.1, 0.15) is 10.8 Å². The molecule has 0 atom stereocenters. The van der Waals surface area contributed by atoms with E-state index in [1.165, 1.54) is 16.7 Å². The summed E-state index contributed by atoms with van der Waals surface area (Å²) in [5.74, 6) is 0.991.